The summed E-state index contributed by atoms with van der Waals surface area (Å²) in [5, 5.41) is 24.0. The molecule has 10 heteroatoms. The average Bonchev–Trinajstić information content (AvgIpc) is 3.06. The minimum atomic E-state index is -4.37. The third kappa shape index (κ3) is 32.4. The first-order chi connectivity index (χ1) is 23.3. The second-order valence-electron chi connectivity index (χ2n) is 13.7. The van der Waals surface area contributed by atoms with Gasteiger partial charge in [-0.3, -0.25) is 13.8 Å². The molecule has 0 aromatic rings. The Morgan fingerprint density at radius 1 is 0.688 bits per heavy atom. The lowest BCUT2D eigenvalue weighted by Gasteiger charge is -2.25. The first-order valence-corrected chi connectivity index (χ1v) is 21.4. The van der Waals surface area contributed by atoms with Gasteiger partial charge in [0.05, 0.1) is 37.9 Å². The Morgan fingerprint density at radius 3 is 1.62 bits per heavy atom. The molecule has 0 aliphatic rings. The van der Waals surface area contributed by atoms with Crippen LogP contribution in [-0.2, 0) is 18.4 Å². The fourth-order valence-electron chi connectivity index (χ4n) is 5.88. The van der Waals surface area contributed by atoms with Crippen LogP contribution in [0.4, 0.5) is 0 Å². The number of phosphoric ester groups is 1. The molecule has 0 aromatic heterocycles. The standard InChI is InChI=1S/C38H77N2O7P/c1-3-5-7-9-11-13-15-16-17-18-19-20-21-23-25-27-29-35(41)33-38(43)40-36(34-47-48(44,45)46-32-31-39)37(42)30-28-26-24-22-14-12-10-8-6-4-2/h19-20,35-37,41-42H,3-18,21-34,39H2,1-2H3,(H,40,43)(H,44,45)/b20-19-. The maximum atomic E-state index is 12.8. The molecule has 0 fully saturated rings. The summed E-state index contributed by atoms with van der Waals surface area (Å²) in [5.41, 5.74) is 5.35. The van der Waals surface area contributed by atoms with Gasteiger partial charge < -0.3 is 26.2 Å². The fraction of sp³-hybridized carbons (Fsp3) is 0.921. The molecule has 0 radical (unpaired) electrons. The van der Waals surface area contributed by atoms with Crippen molar-refractivity contribution in [2.24, 2.45) is 5.73 Å². The Balaban J connectivity index is 4.30. The molecule has 0 rings (SSSR count). The topological polar surface area (TPSA) is 151 Å². The van der Waals surface area contributed by atoms with Gasteiger partial charge in [0.2, 0.25) is 5.91 Å². The molecule has 48 heavy (non-hydrogen) atoms. The van der Waals surface area contributed by atoms with Gasteiger partial charge in [-0.05, 0) is 38.5 Å². The van der Waals surface area contributed by atoms with E-state index in [0.717, 1.165) is 51.4 Å². The number of allylic oxidation sites excluding steroid dienone is 2. The highest BCUT2D eigenvalue weighted by molar-refractivity contribution is 7.47. The van der Waals surface area contributed by atoms with Crippen molar-refractivity contribution < 1.29 is 33.5 Å². The van der Waals surface area contributed by atoms with E-state index in [0.29, 0.717) is 12.8 Å². The van der Waals surface area contributed by atoms with Crippen LogP contribution in [0.2, 0.25) is 0 Å². The summed E-state index contributed by atoms with van der Waals surface area (Å²) in [6, 6.07) is -0.896. The van der Waals surface area contributed by atoms with Crippen molar-refractivity contribution in [2.45, 2.75) is 205 Å². The van der Waals surface area contributed by atoms with Crippen LogP contribution in [0, 0.1) is 0 Å². The van der Waals surface area contributed by atoms with Gasteiger partial charge in [-0.1, -0.05) is 154 Å². The van der Waals surface area contributed by atoms with Crippen molar-refractivity contribution in [1.29, 1.82) is 0 Å². The maximum Gasteiger partial charge on any atom is 0.472 e. The number of nitrogens with two attached hydrogens (primary N) is 1. The number of hydrogen-bond donors (Lipinski definition) is 5. The number of hydrogen-bond acceptors (Lipinski definition) is 7. The van der Waals surface area contributed by atoms with Gasteiger partial charge >= 0.3 is 7.82 Å². The summed E-state index contributed by atoms with van der Waals surface area (Å²) >= 11 is 0. The van der Waals surface area contributed by atoms with Gasteiger partial charge in [-0.25, -0.2) is 4.57 Å². The van der Waals surface area contributed by atoms with E-state index in [-0.39, 0.29) is 26.2 Å². The normalized spacial score (nSPS) is 15.0. The van der Waals surface area contributed by atoms with E-state index >= 15 is 0 Å². The zero-order valence-electron chi connectivity index (χ0n) is 31.1. The Labute approximate surface area is 295 Å². The molecule has 1 amide bonds. The summed E-state index contributed by atoms with van der Waals surface area (Å²) in [6.07, 6.45) is 32.6. The van der Waals surface area contributed by atoms with E-state index in [1.165, 1.54) is 103 Å². The molecule has 286 valence electrons. The van der Waals surface area contributed by atoms with Crippen LogP contribution in [0.25, 0.3) is 0 Å². The number of carbonyl (C=O) groups excluding carboxylic acids is 1. The van der Waals surface area contributed by atoms with Crippen molar-refractivity contribution in [2.75, 3.05) is 19.8 Å². The summed E-state index contributed by atoms with van der Waals surface area (Å²) in [4.78, 5) is 22.7. The van der Waals surface area contributed by atoms with Crippen LogP contribution in [0.15, 0.2) is 12.2 Å². The fourth-order valence-corrected chi connectivity index (χ4v) is 6.64. The number of nitrogens with one attached hydrogen (secondary N) is 1. The van der Waals surface area contributed by atoms with E-state index in [1.807, 2.05) is 0 Å². The number of rotatable bonds is 37. The van der Waals surface area contributed by atoms with Crippen LogP contribution in [0.3, 0.4) is 0 Å². The molecular weight excluding hydrogens is 627 g/mol. The number of phosphoric acid groups is 1. The number of aliphatic hydroxyl groups is 2. The Kier molecular flexibility index (Phi) is 34.1. The highest BCUT2D eigenvalue weighted by Gasteiger charge is 2.28. The van der Waals surface area contributed by atoms with Crippen LogP contribution >= 0.6 is 7.82 Å². The molecule has 0 aliphatic carbocycles. The Hall–Kier alpha value is -0.800. The molecule has 4 unspecified atom stereocenters. The van der Waals surface area contributed by atoms with Crippen LogP contribution in [0.5, 0.6) is 0 Å². The lowest BCUT2D eigenvalue weighted by atomic mass is 10.0. The predicted molar refractivity (Wildman–Crippen MR) is 200 cm³/mol. The van der Waals surface area contributed by atoms with E-state index in [1.54, 1.807) is 0 Å². The van der Waals surface area contributed by atoms with Gasteiger partial charge in [0, 0.05) is 6.54 Å². The molecule has 0 heterocycles. The highest BCUT2D eigenvalue weighted by Crippen LogP contribution is 2.43. The first-order valence-electron chi connectivity index (χ1n) is 19.9. The number of unbranched alkanes of at least 4 members (excludes halogenated alkanes) is 21. The monoisotopic (exact) mass is 705 g/mol. The van der Waals surface area contributed by atoms with Gasteiger partial charge in [-0.2, -0.15) is 0 Å². The van der Waals surface area contributed by atoms with Crippen LogP contribution in [-0.4, -0.2) is 59.0 Å². The predicted octanol–water partition coefficient (Wildman–Crippen LogP) is 9.41. The first kappa shape index (κ1) is 47.2. The summed E-state index contributed by atoms with van der Waals surface area (Å²) in [5.74, 6) is -0.423. The second kappa shape index (κ2) is 34.6. The Morgan fingerprint density at radius 2 is 1.12 bits per heavy atom. The van der Waals surface area contributed by atoms with E-state index in [9.17, 15) is 24.5 Å². The molecular formula is C38H77N2O7P. The van der Waals surface area contributed by atoms with Crippen molar-refractivity contribution >= 4 is 13.7 Å². The lowest BCUT2D eigenvalue weighted by Crippen LogP contribution is -2.47. The zero-order valence-corrected chi connectivity index (χ0v) is 32.0. The quantitative estimate of drug-likeness (QED) is 0.0244. The Bertz CT molecular complexity index is 786. The third-order valence-corrected chi connectivity index (χ3v) is 9.91. The van der Waals surface area contributed by atoms with Crippen LogP contribution in [0.1, 0.15) is 187 Å². The molecule has 0 spiro atoms. The molecule has 4 atom stereocenters. The van der Waals surface area contributed by atoms with E-state index in [2.05, 4.69) is 31.3 Å². The smallest absolute Gasteiger partial charge is 0.393 e. The van der Waals surface area contributed by atoms with Crippen molar-refractivity contribution in [3.05, 3.63) is 12.2 Å². The molecule has 0 aliphatic heterocycles. The van der Waals surface area contributed by atoms with Crippen molar-refractivity contribution in [1.82, 2.24) is 5.32 Å². The maximum absolute atomic E-state index is 12.8. The molecule has 6 N–H and O–H groups in total. The highest BCUT2D eigenvalue weighted by atomic mass is 31.2. The minimum absolute atomic E-state index is 0.0590. The zero-order chi connectivity index (χ0) is 35.6. The molecule has 0 bridgehead atoms. The molecule has 0 saturated carbocycles. The van der Waals surface area contributed by atoms with E-state index in [4.69, 9.17) is 14.8 Å². The van der Waals surface area contributed by atoms with Gasteiger partial charge in [0.1, 0.15) is 0 Å². The van der Waals surface area contributed by atoms with E-state index < -0.39 is 32.0 Å². The van der Waals surface area contributed by atoms with Gasteiger partial charge in [0.25, 0.3) is 0 Å². The molecule has 9 nitrogen and oxygen atoms in total. The number of amides is 1. The van der Waals surface area contributed by atoms with Gasteiger partial charge in [-0.15, -0.1) is 0 Å². The summed E-state index contributed by atoms with van der Waals surface area (Å²) in [7, 11) is -4.37. The lowest BCUT2D eigenvalue weighted by molar-refractivity contribution is -0.125. The summed E-state index contributed by atoms with van der Waals surface area (Å²) < 4.78 is 22.0. The second-order valence-corrected chi connectivity index (χ2v) is 15.1. The van der Waals surface area contributed by atoms with Gasteiger partial charge in [0.15, 0.2) is 0 Å². The van der Waals surface area contributed by atoms with Crippen LogP contribution < -0.4 is 11.1 Å². The largest absolute Gasteiger partial charge is 0.472 e. The number of aliphatic hydroxyl groups excluding tert-OH is 2. The summed E-state index contributed by atoms with van der Waals surface area (Å²) in [6.45, 7) is 4.01. The minimum Gasteiger partial charge on any atom is -0.393 e. The van der Waals surface area contributed by atoms with Crippen molar-refractivity contribution in [3.8, 4) is 0 Å². The molecule has 0 saturated heterocycles. The number of carbonyl (C=O) groups is 1. The third-order valence-electron chi connectivity index (χ3n) is 8.92. The molecule has 0 aromatic carbocycles. The average molecular weight is 705 g/mol. The SMILES string of the molecule is CCCCCCCCCCC/C=C\CCCCCC(O)CC(=O)NC(COP(=O)(O)OCCN)C(O)CCCCCCCCCCCC. The van der Waals surface area contributed by atoms with Crippen molar-refractivity contribution in [3.63, 3.8) is 0 Å².